The second kappa shape index (κ2) is 7.11. The van der Waals surface area contributed by atoms with Crippen molar-refractivity contribution in [3.8, 4) is 0 Å². The Morgan fingerprint density at radius 3 is 3.04 bits per heavy atom. The van der Waals surface area contributed by atoms with E-state index in [0.29, 0.717) is 36.9 Å². The van der Waals surface area contributed by atoms with Crippen LogP contribution in [0.3, 0.4) is 0 Å². The van der Waals surface area contributed by atoms with E-state index < -0.39 is 0 Å². The van der Waals surface area contributed by atoms with Crippen molar-refractivity contribution in [2.45, 2.75) is 52.0 Å². The monoisotopic (exact) mass is 331 g/mol. The van der Waals surface area contributed by atoms with Crippen LogP contribution in [0.2, 0.25) is 0 Å². The van der Waals surface area contributed by atoms with E-state index >= 15 is 0 Å². The molecule has 1 aliphatic rings. The van der Waals surface area contributed by atoms with Crippen molar-refractivity contribution < 1.29 is 13.7 Å². The quantitative estimate of drug-likeness (QED) is 0.913. The van der Waals surface area contributed by atoms with E-state index in [1.807, 2.05) is 6.07 Å². The van der Waals surface area contributed by atoms with E-state index in [1.54, 1.807) is 13.0 Å². The maximum atomic E-state index is 14.0. The summed E-state index contributed by atoms with van der Waals surface area (Å²) in [4.78, 5) is 16.4. The predicted molar refractivity (Wildman–Crippen MR) is 86.7 cm³/mol. The van der Waals surface area contributed by atoms with Crippen molar-refractivity contribution in [1.82, 2.24) is 15.5 Å². The lowest BCUT2D eigenvalue weighted by atomic mass is 9.80. The molecule has 0 radical (unpaired) electrons. The van der Waals surface area contributed by atoms with Crippen LogP contribution in [0.5, 0.6) is 0 Å². The molecular weight excluding hydrogens is 309 g/mol. The lowest BCUT2D eigenvalue weighted by Crippen LogP contribution is -2.35. The molecule has 1 aromatic heterocycles. The summed E-state index contributed by atoms with van der Waals surface area (Å²) in [6, 6.07) is 4.99. The first-order chi connectivity index (χ1) is 11.5. The number of carbonyl (C=O) groups excluding carboxylic acids is 1. The van der Waals surface area contributed by atoms with Crippen molar-refractivity contribution in [3.05, 3.63) is 46.9 Å². The van der Waals surface area contributed by atoms with Gasteiger partial charge in [0.2, 0.25) is 11.8 Å². The van der Waals surface area contributed by atoms with Crippen LogP contribution < -0.4 is 5.32 Å². The first-order valence-corrected chi connectivity index (χ1v) is 8.40. The Kier molecular flexibility index (Phi) is 4.92. The van der Waals surface area contributed by atoms with Crippen molar-refractivity contribution in [2.75, 3.05) is 0 Å². The topological polar surface area (TPSA) is 68.0 Å². The summed E-state index contributed by atoms with van der Waals surface area (Å²) in [7, 11) is 0. The van der Waals surface area contributed by atoms with E-state index in [2.05, 4.69) is 22.4 Å². The molecule has 1 N–H and O–H groups in total. The summed E-state index contributed by atoms with van der Waals surface area (Å²) in [5.74, 6) is 1.25. The van der Waals surface area contributed by atoms with Gasteiger partial charge in [-0.2, -0.15) is 4.98 Å². The lowest BCUT2D eigenvalue weighted by molar-refractivity contribution is -0.122. The molecule has 3 rings (SSSR count). The smallest absolute Gasteiger partial charge is 0.226 e. The van der Waals surface area contributed by atoms with E-state index in [0.717, 1.165) is 24.0 Å². The van der Waals surface area contributed by atoms with E-state index in [-0.39, 0.29) is 17.8 Å². The van der Waals surface area contributed by atoms with Gasteiger partial charge in [-0.1, -0.05) is 24.2 Å². The Bertz CT molecular complexity index is 729. The van der Waals surface area contributed by atoms with E-state index in [1.165, 1.54) is 6.07 Å². The van der Waals surface area contributed by atoms with Gasteiger partial charge in [0.15, 0.2) is 5.82 Å². The summed E-state index contributed by atoms with van der Waals surface area (Å²) >= 11 is 0. The van der Waals surface area contributed by atoms with Gasteiger partial charge >= 0.3 is 0 Å². The fourth-order valence-corrected chi connectivity index (χ4v) is 3.28. The maximum Gasteiger partial charge on any atom is 0.226 e. The third-order valence-corrected chi connectivity index (χ3v) is 4.59. The molecule has 1 aliphatic carbocycles. The van der Waals surface area contributed by atoms with Crippen LogP contribution in [0, 0.1) is 18.7 Å². The number of benzene rings is 1. The van der Waals surface area contributed by atoms with Gasteiger partial charge in [-0.25, -0.2) is 4.39 Å². The van der Waals surface area contributed by atoms with Gasteiger partial charge in [0, 0.05) is 12.8 Å². The molecule has 0 unspecified atom stereocenters. The molecule has 0 fully saturated rings. The molecule has 1 heterocycles. The molecule has 0 aliphatic heterocycles. The van der Waals surface area contributed by atoms with Gasteiger partial charge < -0.3 is 9.84 Å². The molecular formula is C18H22FN3O2. The second-order valence-corrected chi connectivity index (χ2v) is 6.46. The molecule has 0 saturated carbocycles. The Morgan fingerprint density at radius 2 is 2.29 bits per heavy atom. The van der Waals surface area contributed by atoms with Gasteiger partial charge in [-0.3, -0.25) is 4.79 Å². The molecule has 0 spiro atoms. The van der Waals surface area contributed by atoms with Gasteiger partial charge in [-0.05, 0) is 49.3 Å². The molecule has 0 bridgehead atoms. The summed E-state index contributed by atoms with van der Waals surface area (Å²) in [6.45, 7) is 3.86. The number of aryl methyl sites for hydroxylation is 2. The normalized spacial score (nSPS) is 19.8. The highest BCUT2D eigenvalue weighted by Gasteiger charge is 2.29. The fraction of sp³-hybridized carbons (Fsp3) is 0.500. The minimum atomic E-state index is -0.176. The van der Waals surface area contributed by atoms with Crippen molar-refractivity contribution in [2.24, 2.45) is 5.92 Å². The highest BCUT2D eigenvalue weighted by Crippen LogP contribution is 2.35. The number of amides is 1. The molecule has 5 nitrogen and oxygen atoms in total. The zero-order valence-electron chi connectivity index (χ0n) is 14.0. The Balaban J connectivity index is 1.59. The second-order valence-electron chi connectivity index (χ2n) is 6.46. The minimum Gasteiger partial charge on any atom is -0.349 e. The number of hydrogen-bond donors (Lipinski definition) is 1. The Hall–Kier alpha value is -2.24. The van der Waals surface area contributed by atoms with Crippen molar-refractivity contribution >= 4 is 5.91 Å². The summed E-state index contributed by atoms with van der Waals surface area (Å²) in [5, 5.41) is 6.80. The van der Waals surface area contributed by atoms with Gasteiger partial charge in [-0.15, -0.1) is 0 Å². The van der Waals surface area contributed by atoms with Crippen LogP contribution in [0.15, 0.2) is 22.7 Å². The average molecular weight is 331 g/mol. The summed E-state index contributed by atoms with van der Waals surface area (Å²) < 4.78 is 19.0. The van der Waals surface area contributed by atoms with Crippen LogP contribution in [0.1, 0.15) is 55.1 Å². The maximum absolute atomic E-state index is 14.0. The number of hydrogen-bond acceptors (Lipinski definition) is 4. The van der Waals surface area contributed by atoms with Crippen LogP contribution in [0.25, 0.3) is 0 Å². The predicted octanol–water partition coefficient (Wildman–Crippen LogP) is 3.28. The number of carbonyl (C=O) groups is 1. The first kappa shape index (κ1) is 16.6. The fourth-order valence-electron chi connectivity index (χ4n) is 3.28. The molecule has 0 saturated heterocycles. The Morgan fingerprint density at radius 1 is 1.46 bits per heavy atom. The molecule has 1 aromatic carbocycles. The lowest BCUT2D eigenvalue weighted by Gasteiger charge is -2.32. The average Bonchev–Trinajstić information content (AvgIpc) is 2.96. The van der Waals surface area contributed by atoms with Gasteiger partial charge in [0.1, 0.15) is 5.82 Å². The van der Waals surface area contributed by atoms with Crippen molar-refractivity contribution in [3.63, 3.8) is 0 Å². The number of nitrogens with zero attached hydrogens (tertiary/aromatic N) is 2. The SMILES string of the molecule is Cc1noc(CCCC(=O)N[C@H]2c3cccc(F)c3CC[C@H]2C)n1. The third-order valence-electron chi connectivity index (χ3n) is 4.59. The molecule has 2 aromatic rings. The van der Waals surface area contributed by atoms with Crippen LogP contribution >= 0.6 is 0 Å². The molecule has 6 heteroatoms. The minimum absolute atomic E-state index is 0.0276. The number of fused-ring (bicyclic) bond motifs is 1. The van der Waals surface area contributed by atoms with E-state index in [4.69, 9.17) is 4.52 Å². The van der Waals surface area contributed by atoms with Gasteiger partial charge in [0.05, 0.1) is 6.04 Å². The zero-order chi connectivity index (χ0) is 17.1. The molecule has 128 valence electrons. The molecule has 24 heavy (non-hydrogen) atoms. The highest BCUT2D eigenvalue weighted by molar-refractivity contribution is 5.76. The number of nitrogens with one attached hydrogen (secondary N) is 1. The van der Waals surface area contributed by atoms with Crippen LogP contribution in [-0.4, -0.2) is 16.0 Å². The number of halogens is 1. The largest absolute Gasteiger partial charge is 0.349 e. The van der Waals surface area contributed by atoms with Crippen LogP contribution in [0.4, 0.5) is 4.39 Å². The van der Waals surface area contributed by atoms with Gasteiger partial charge in [0.25, 0.3) is 0 Å². The zero-order valence-corrected chi connectivity index (χ0v) is 14.0. The summed E-state index contributed by atoms with van der Waals surface area (Å²) in [5.41, 5.74) is 1.65. The highest BCUT2D eigenvalue weighted by atomic mass is 19.1. The first-order valence-electron chi connectivity index (χ1n) is 8.40. The van der Waals surface area contributed by atoms with E-state index in [9.17, 15) is 9.18 Å². The van der Waals surface area contributed by atoms with Crippen molar-refractivity contribution in [1.29, 1.82) is 0 Å². The Labute approximate surface area is 140 Å². The standard InChI is InChI=1S/C18H22FN3O2/c1-11-9-10-13-14(5-3-6-15(13)19)18(11)21-16(23)7-4-8-17-20-12(2)22-24-17/h3,5-6,11,18H,4,7-10H2,1-2H3,(H,21,23)/t11-,18-/m1/s1. The van der Waals surface area contributed by atoms with Crippen LogP contribution in [-0.2, 0) is 17.6 Å². The third kappa shape index (κ3) is 3.63. The number of rotatable bonds is 5. The molecule has 2 atom stereocenters. The molecule has 1 amide bonds. The summed E-state index contributed by atoms with van der Waals surface area (Å²) in [6.07, 6.45) is 3.21. The number of aromatic nitrogens is 2.